The minimum absolute atomic E-state index is 0.00709. The molecule has 0 aliphatic heterocycles. The van der Waals surface area contributed by atoms with Gasteiger partial charge >= 0.3 is 6.08 Å². The summed E-state index contributed by atoms with van der Waals surface area (Å²) in [5, 5.41) is 15.2. The van der Waals surface area contributed by atoms with E-state index in [1.54, 1.807) is 31.2 Å². The first-order valence-electron chi connectivity index (χ1n) is 14.7. The topological polar surface area (TPSA) is 288 Å². The molecule has 2 heterocycles. The largest absolute Gasteiger partial charge is 0.324 e. The van der Waals surface area contributed by atoms with Crippen LogP contribution in [0.5, 0.6) is 0 Å². The average Bonchev–Trinajstić information content (AvgIpc) is 3.34. The number of hydrogen-bond donors (Lipinski definition) is 6. The van der Waals surface area contributed by atoms with Crippen molar-refractivity contribution in [3.63, 3.8) is 0 Å². The lowest BCUT2D eigenvalue weighted by molar-refractivity contribution is 0.481. The molecule has 0 fully saturated rings. The lowest BCUT2D eigenvalue weighted by atomic mass is 10.1. The number of aryl methyl sites for hydroxylation is 2. The summed E-state index contributed by atoms with van der Waals surface area (Å²) >= 11 is 0. The Kier molecular flexibility index (Phi) is 9.40. The van der Waals surface area contributed by atoms with E-state index in [4.69, 9.17) is 0 Å². The van der Waals surface area contributed by atoms with Crippen molar-refractivity contribution in [3.05, 3.63) is 100 Å². The summed E-state index contributed by atoms with van der Waals surface area (Å²) in [7, 11) is -14.9. The maximum absolute atomic E-state index is 14.4. The molecule has 0 saturated heterocycles. The highest BCUT2D eigenvalue weighted by atomic mass is 32.2. The molecule has 274 valence electrons. The van der Waals surface area contributed by atoms with E-state index in [-0.39, 0.29) is 39.7 Å². The van der Waals surface area contributed by atoms with Gasteiger partial charge in [0, 0.05) is 22.1 Å². The van der Waals surface area contributed by atoms with Crippen LogP contribution >= 0.6 is 0 Å². The molecule has 0 spiro atoms. The first-order chi connectivity index (χ1) is 24.8. The van der Waals surface area contributed by atoms with Crippen LogP contribution in [0.2, 0.25) is 0 Å². The second-order valence-corrected chi connectivity index (χ2v) is 15.3. The molecule has 0 bridgehead atoms. The summed E-state index contributed by atoms with van der Waals surface area (Å²) in [6.07, 6.45) is -1.16. The standard InChI is InChI=1S/C30H24FN9O10S3/c1-15-6-3-4-8-21(15)33-30-35-28(31)34-29(36-30)32-17-10-11-24(52(45,46)47)22(12-17)37-38-26-16(2)39-40(27(26)41)18-13-20-19(25(14-18)53(48,49)50)7-5-9-23(20)51(42,43)44/h3-14,39H,1-2H3,(H,42,43,44)(H,45,46,47)(H,48,49,50)(H2,32,33,34,35,36). The summed E-state index contributed by atoms with van der Waals surface area (Å²) in [5.74, 6) is -0.468. The smallest absolute Gasteiger partial charge is 0.315 e. The highest BCUT2D eigenvalue weighted by molar-refractivity contribution is 7.86. The van der Waals surface area contributed by atoms with Crippen molar-refractivity contribution in [2.45, 2.75) is 28.5 Å². The van der Waals surface area contributed by atoms with Crippen molar-refractivity contribution in [3.8, 4) is 5.69 Å². The van der Waals surface area contributed by atoms with Gasteiger partial charge < -0.3 is 10.6 Å². The number of fused-ring (bicyclic) bond motifs is 1. The maximum Gasteiger partial charge on any atom is 0.315 e. The maximum atomic E-state index is 14.4. The molecule has 6 rings (SSSR count). The number of hydrogen-bond acceptors (Lipinski definition) is 14. The Hall–Kier alpha value is -5.98. The van der Waals surface area contributed by atoms with E-state index in [9.17, 15) is 48.1 Å². The van der Waals surface area contributed by atoms with E-state index in [1.165, 1.54) is 19.1 Å². The molecule has 4 aromatic carbocycles. The quantitative estimate of drug-likeness (QED) is 0.0795. The summed E-state index contributed by atoms with van der Waals surface area (Å²) in [5.41, 5.74) is -0.852. The number of aromatic nitrogens is 5. The number of halogens is 1. The minimum Gasteiger partial charge on any atom is -0.324 e. The summed E-state index contributed by atoms with van der Waals surface area (Å²) in [6.45, 7) is 3.15. The van der Waals surface area contributed by atoms with Crippen LogP contribution in [-0.2, 0) is 30.4 Å². The van der Waals surface area contributed by atoms with Crippen LogP contribution < -0.4 is 16.2 Å². The Morgan fingerprint density at radius 2 is 1.38 bits per heavy atom. The van der Waals surface area contributed by atoms with Gasteiger partial charge in [-0.2, -0.15) is 44.6 Å². The molecule has 0 amide bonds. The highest BCUT2D eigenvalue weighted by Crippen LogP contribution is 2.33. The van der Waals surface area contributed by atoms with Crippen LogP contribution in [0.25, 0.3) is 16.5 Å². The number of para-hydroxylation sites is 1. The molecule has 0 radical (unpaired) electrons. The van der Waals surface area contributed by atoms with Crippen molar-refractivity contribution in [2.75, 3.05) is 10.6 Å². The van der Waals surface area contributed by atoms with Gasteiger partial charge in [0.2, 0.25) is 11.9 Å². The Labute approximate surface area is 298 Å². The fourth-order valence-electron chi connectivity index (χ4n) is 5.13. The number of H-pyrrole nitrogens is 1. The molecule has 53 heavy (non-hydrogen) atoms. The van der Waals surface area contributed by atoms with Crippen LogP contribution in [0.1, 0.15) is 11.3 Å². The summed E-state index contributed by atoms with van der Waals surface area (Å²) < 4.78 is 118. The first kappa shape index (κ1) is 36.8. The van der Waals surface area contributed by atoms with Crippen LogP contribution in [0.4, 0.5) is 39.0 Å². The molecule has 23 heteroatoms. The van der Waals surface area contributed by atoms with E-state index in [0.717, 1.165) is 46.6 Å². The van der Waals surface area contributed by atoms with E-state index in [2.05, 4.69) is 40.9 Å². The van der Waals surface area contributed by atoms with Crippen LogP contribution in [0, 0.1) is 19.9 Å². The minimum atomic E-state index is -5.02. The predicted molar refractivity (Wildman–Crippen MR) is 186 cm³/mol. The van der Waals surface area contributed by atoms with E-state index in [0.29, 0.717) is 5.69 Å². The molecule has 0 atom stereocenters. The molecule has 19 nitrogen and oxygen atoms in total. The third-order valence-electron chi connectivity index (χ3n) is 7.51. The Bertz CT molecular complexity index is 2900. The van der Waals surface area contributed by atoms with Crippen molar-refractivity contribution < 1.29 is 43.3 Å². The van der Waals surface area contributed by atoms with E-state index in [1.807, 2.05) is 0 Å². The van der Waals surface area contributed by atoms with Crippen LogP contribution in [0.3, 0.4) is 0 Å². The molecular weight excluding hydrogens is 762 g/mol. The number of azo groups is 1. The monoisotopic (exact) mass is 785 g/mol. The molecule has 6 aromatic rings. The third kappa shape index (κ3) is 7.79. The van der Waals surface area contributed by atoms with Gasteiger partial charge in [-0.05, 0) is 61.9 Å². The zero-order chi connectivity index (χ0) is 38.5. The SMILES string of the molecule is Cc1ccccc1Nc1nc(F)nc(Nc2ccc(S(=O)(=O)O)c(N=Nc3c(C)[nH]n(-c4cc(S(=O)(=O)O)c5cccc(S(=O)(=O)O)c5c4)c3=O)c2)n1. The third-order valence-corrected chi connectivity index (χ3v) is 10.2. The van der Waals surface area contributed by atoms with Crippen LogP contribution in [0.15, 0.2) is 103 Å². The molecule has 2 aromatic heterocycles. The zero-order valence-electron chi connectivity index (χ0n) is 26.9. The zero-order valence-corrected chi connectivity index (χ0v) is 29.4. The van der Waals surface area contributed by atoms with Gasteiger partial charge in [0.1, 0.15) is 20.4 Å². The lowest BCUT2D eigenvalue weighted by Gasteiger charge is -2.11. The predicted octanol–water partition coefficient (Wildman–Crippen LogP) is 4.90. The van der Waals surface area contributed by atoms with Gasteiger partial charge in [-0.1, -0.05) is 30.3 Å². The van der Waals surface area contributed by atoms with Gasteiger partial charge in [-0.3, -0.25) is 23.6 Å². The van der Waals surface area contributed by atoms with Gasteiger partial charge in [0.05, 0.1) is 11.4 Å². The number of benzene rings is 4. The van der Waals surface area contributed by atoms with Crippen LogP contribution in [-0.4, -0.2) is 63.6 Å². The Morgan fingerprint density at radius 1 is 0.717 bits per heavy atom. The molecule has 0 aliphatic carbocycles. The molecular formula is C30H24FN9O10S3. The molecule has 0 unspecified atom stereocenters. The fourth-order valence-corrected chi connectivity index (χ4v) is 7.16. The van der Waals surface area contributed by atoms with Gasteiger partial charge in [-0.15, -0.1) is 10.2 Å². The number of aromatic amines is 1. The highest BCUT2D eigenvalue weighted by Gasteiger charge is 2.24. The van der Waals surface area contributed by atoms with Gasteiger partial charge in [0.15, 0.2) is 5.69 Å². The fraction of sp³-hybridized carbons (Fsp3) is 0.0667. The Balaban J connectivity index is 1.40. The molecule has 0 saturated carbocycles. The average molecular weight is 786 g/mol. The number of nitrogens with one attached hydrogen (secondary N) is 3. The summed E-state index contributed by atoms with van der Waals surface area (Å²) in [6, 6.07) is 15.5. The second-order valence-electron chi connectivity index (χ2n) is 11.1. The van der Waals surface area contributed by atoms with Crippen molar-refractivity contribution in [1.29, 1.82) is 0 Å². The van der Waals surface area contributed by atoms with E-state index < -0.39 is 68.1 Å². The molecule has 6 N–H and O–H groups in total. The van der Waals surface area contributed by atoms with Gasteiger partial charge in [0.25, 0.3) is 35.9 Å². The van der Waals surface area contributed by atoms with Crippen molar-refractivity contribution in [2.24, 2.45) is 10.2 Å². The number of anilines is 4. The normalized spacial score (nSPS) is 12.4. The van der Waals surface area contributed by atoms with Crippen molar-refractivity contribution in [1.82, 2.24) is 24.7 Å². The molecule has 0 aliphatic rings. The van der Waals surface area contributed by atoms with E-state index >= 15 is 0 Å². The lowest BCUT2D eigenvalue weighted by Crippen LogP contribution is -2.15. The number of rotatable bonds is 10. The number of nitrogens with zero attached hydrogens (tertiary/aromatic N) is 6. The second kappa shape index (κ2) is 13.5. The van der Waals surface area contributed by atoms with Crippen molar-refractivity contribution >= 4 is 75.8 Å². The van der Waals surface area contributed by atoms with Gasteiger partial charge in [-0.25, -0.2) is 4.68 Å². The first-order valence-corrected chi connectivity index (χ1v) is 19.0. The summed E-state index contributed by atoms with van der Waals surface area (Å²) in [4.78, 5) is 22.6. The Morgan fingerprint density at radius 3 is 2.04 bits per heavy atom.